The summed E-state index contributed by atoms with van der Waals surface area (Å²) >= 11 is 18.8. The van der Waals surface area contributed by atoms with Crippen LogP contribution in [0.25, 0.3) is 11.1 Å². The van der Waals surface area contributed by atoms with E-state index in [9.17, 15) is 0 Å². The van der Waals surface area contributed by atoms with Gasteiger partial charge in [0.2, 0.25) is 0 Å². The summed E-state index contributed by atoms with van der Waals surface area (Å²) in [5.74, 6) is 1.41. The molecule has 2 aromatic carbocycles. The van der Waals surface area contributed by atoms with Crippen LogP contribution in [0.3, 0.4) is 0 Å². The fraction of sp³-hybridized carbons (Fsp3) is 0.333. The van der Waals surface area contributed by atoms with Gasteiger partial charge in [0, 0.05) is 28.6 Å². The van der Waals surface area contributed by atoms with E-state index in [-0.39, 0.29) is 6.10 Å². The zero-order valence-corrected chi connectivity index (χ0v) is 14.9. The largest absolute Gasteiger partial charge is 0.489 e. The highest BCUT2D eigenvalue weighted by Gasteiger charge is 2.37. The average molecular weight is 369 g/mol. The molecule has 2 aliphatic heterocycles. The smallest absolute Gasteiger partial charge is 0.126 e. The van der Waals surface area contributed by atoms with E-state index in [1.165, 1.54) is 5.56 Å². The maximum Gasteiger partial charge on any atom is 0.126 e. The van der Waals surface area contributed by atoms with E-state index in [1.807, 2.05) is 0 Å². The van der Waals surface area contributed by atoms with Crippen LogP contribution in [0.15, 0.2) is 24.3 Å². The molecule has 0 aliphatic carbocycles. The van der Waals surface area contributed by atoms with Gasteiger partial charge in [-0.2, -0.15) is 0 Å². The van der Waals surface area contributed by atoms with Gasteiger partial charge in [0.1, 0.15) is 11.9 Å². The first-order chi connectivity index (χ1) is 11.0. The summed E-state index contributed by atoms with van der Waals surface area (Å²) in [4.78, 5) is 0. The van der Waals surface area contributed by atoms with Crippen molar-refractivity contribution < 1.29 is 4.74 Å². The van der Waals surface area contributed by atoms with Gasteiger partial charge in [-0.25, -0.2) is 0 Å². The van der Waals surface area contributed by atoms with Crippen molar-refractivity contribution in [1.82, 2.24) is 5.32 Å². The zero-order valence-electron chi connectivity index (χ0n) is 12.6. The molecule has 2 aliphatic rings. The van der Waals surface area contributed by atoms with E-state index in [0.29, 0.717) is 21.0 Å². The second-order valence-electron chi connectivity index (χ2n) is 6.21. The van der Waals surface area contributed by atoms with Gasteiger partial charge in [-0.05, 0) is 55.3 Å². The molecule has 5 heteroatoms. The standard InChI is InChI=1S/C18H16Cl3NO/c1-9-4-10(17-14(20)6-11(19)7-15(17)21)5-12-13-8-22-3-2-16(13)23-18(9)12/h4-7,13,16,22H,2-3,8H2,1H3. The van der Waals surface area contributed by atoms with E-state index in [2.05, 4.69) is 24.4 Å². The predicted octanol–water partition coefficient (Wildman–Crippen LogP) is 5.46. The lowest BCUT2D eigenvalue weighted by Gasteiger charge is -2.25. The van der Waals surface area contributed by atoms with E-state index >= 15 is 0 Å². The molecule has 2 nitrogen and oxygen atoms in total. The molecule has 2 heterocycles. The van der Waals surface area contributed by atoms with Crippen molar-refractivity contribution in [3.8, 4) is 16.9 Å². The lowest BCUT2D eigenvalue weighted by atomic mass is 9.88. The molecule has 120 valence electrons. The maximum atomic E-state index is 6.40. The molecular formula is C18H16Cl3NO. The Morgan fingerprint density at radius 3 is 2.57 bits per heavy atom. The van der Waals surface area contributed by atoms with Gasteiger partial charge in [0.15, 0.2) is 0 Å². The minimum Gasteiger partial charge on any atom is -0.489 e. The second kappa shape index (κ2) is 5.86. The first kappa shape index (κ1) is 15.6. The molecular weight excluding hydrogens is 353 g/mol. The first-order valence-electron chi connectivity index (χ1n) is 7.71. The lowest BCUT2D eigenvalue weighted by molar-refractivity contribution is 0.171. The highest BCUT2D eigenvalue weighted by atomic mass is 35.5. The molecule has 1 fully saturated rings. The highest BCUT2D eigenvalue weighted by molar-refractivity contribution is 6.41. The Labute approximate surface area is 150 Å². The number of halogens is 3. The number of ether oxygens (including phenoxy) is 1. The third kappa shape index (κ3) is 2.62. The van der Waals surface area contributed by atoms with Crippen LogP contribution in [-0.4, -0.2) is 19.2 Å². The molecule has 2 atom stereocenters. The van der Waals surface area contributed by atoms with Crippen LogP contribution in [0, 0.1) is 6.92 Å². The van der Waals surface area contributed by atoms with Gasteiger partial charge in [0.25, 0.3) is 0 Å². The maximum absolute atomic E-state index is 6.40. The highest BCUT2D eigenvalue weighted by Crippen LogP contribution is 2.46. The van der Waals surface area contributed by atoms with Gasteiger partial charge in [-0.1, -0.05) is 34.8 Å². The van der Waals surface area contributed by atoms with E-state index < -0.39 is 0 Å². The van der Waals surface area contributed by atoms with Crippen LogP contribution >= 0.6 is 34.8 Å². The molecule has 23 heavy (non-hydrogen) atoms. The Balaban J connectivity index is 1.86. The fourth-order valence-electron chi connectivity index (χ4n) is 3.64. The Hall–Kier alpha value is -0.930. The Morgan fingerprint density at radius 1 is 1.09 bits per heavy atom. The Bertz CT molecular complexity index is 767. The van der Waals surface area contributed by atoms with Crippen molar-refractivity contribution in [3.63, 3.8) is 0 Å². The summed E-state index contributed by atoms with van der Waals surface area (Å²) in [6, 6.07) is 7.72. The topological polar surface area (TPSA) is 21.3 Å². The summed E-state index contributed by atoms with van der Waals surface area (Å²) in [6.07, 6.45) is 1.31. The van der Waals surface area contributed by atoms with Gasteiger partial charge in [-0.3, -0.25) is 0 Å². The van der Waals surface area contributed by atoms with Crippen LogP contribution in [0.2, 0.25) is 15.1 Å². The number of nitrogens with one attached hydrogen (secondary N) is 1. The number of benzene rings is 2. The van der Waals surface area contributed by atoms with E-state index in [4.69, 9.17) is 39.5 Å². The molecule has 2 unspecified atom stereocenters. The quantitative estimate of drug-likeness (QED) is 0.721. The average Bonchev–Trinajstić information content (AvgIpc) is 2.86. The molecule has 0 spiro atoms. The minimum absolute atomic E-state index is 0.274. The molecule has 0 aromatic heterocycles. The lowest BCUT2D eigenvalue weighted by Crippen LogP contribution is -2.37. The summed E-state index contributed by atoms with van der Waals surface area (Å²) in [5, 5.41) is 5.14. The number of rotatable bonds is 1. The summed E-state index contributed by atoms with van der Waals surface area (Å²) in [5.41, 5.74) is 4.21. The predicted molar refractivity (Wildman–Crippen MR) is 96.3 cm³/mol. The zero-order chi connectivity index (χ0) is 16.1. The van der Waals surface area contributed by atoms with Crippen molar-refractivity contribution >= 4 is 34.8 Å². The number of hydrogen-bond acceptors (Lipinski definition) is 2. The molecule has 0 saturated carbocycles. The van der Waals surface area contributed by atoms with Crippen LogP contribution in [0.5, 0.6) is 5.75 Å². The van der Waals surface area contributed by atoms with Crippen LogP contribution in [-0.2, 0) is 0 Å². The van der Waals surface area contributed by atoms with E-state index in [1.54, 1.807) is 12.1 Å². The number of fused-ring (bicyclic) bond motifs is 3. The van der Waals surface area contributed by atoms with Gasteiger partial charge in [-0.15, -0.1) is 0 Å². The normalized spacial score (nSPS) is 22.4. The molecule has 4 rings (SSSR count). The van der Waals surface area contributed by atoms with Gasteiger partial charge in [0.05, 0.1) is 10.0 Å². The number of hydrogen-bond donors (Lipinski definition) is 1. The van der Waals surface area contributed by atoms with Crippen LogP contribution < -0.4 is 10.1 Å². The third-order valence-corrected chi connectivity index (χ3v) is 5.50. The first-order valence-corrected chi connectivity index (χ1v) is 8.85. The summed E-state index contributed by atoms with van der Waals surface area (Å²) < 4.78 is 6.19. The molecule has 0 amide bonds. The van der Waals surface area contributed by atoms with Gasteiger partial charge < -0.3 is 10.1 Å². The fourth-order valence-corrected chi connectivity index (χ4v) is 4.67. The Kier molecular flexibility index (Phi) is 3.97. The molecule has 2 aromatic rings. The minimum atomic E-state index is 0.274. The molecule has 0 bridgehead atoms. The van der Waals surface area contributed by atoms with Crippen molar-refractivity contribution in [3.05, 3.63) is 50.5 Å². The SMILES string of the molecule is Cc1cc(-c2c(Cl)cc(Cl)cc2Cl)cc2c1OC1CCNCC21. The van der Waals surface area contributed by atoms with E-state index in [0.717, 1.165) is 42.0 Å². The van der Waals surface area contributed by atoms with Crippen molar-refractivity contribution in [2.45, 2.75) is 25.4 Å². The summed E-state index contributed by atoms with van der Waals surface area (Å²) in [6.45, 7) is 4.03. The number of aryl methyl sites for hydroxylation is 1. The van der Waals surface area contributed by atoms with Crippen LogP contribution in [0.1, 0.15) is 23.5 Å². The van der Waals surface area contributed by atoms with Gasteiger partial charge >= 0.3 is 0 Å². The molecule has 1 N–H and O–H groups in total. The third-order valence-electron chi connectivity index (χ3n) is 4.69. The van der Waals surface area contributed by atoms with Crippen molar-refractivity contribution in [1.29, 1.82) is 0 Å². The molecule has 1 saturated heterocycles. The second-order valence-corrected chi connectivity index (χ2v) is 7.46. The molecule has 0 radical (unpaired) electrons. The Morgan fingerprint density at radius 2 is 1.83 bits per heavy atom. The number of piperidine rings is 1. The van der Waals surface area contributed by atoms with Crippen molar-refractivity contribution in [2.75, 3.05) is 13.1 Å². The van der Waals surface area contributed by atoms with Crippen molar-refractivity contribution in [2.24, 2.45) is 0 Å². The van der Waals surface area contributed by atoms with Crippen LogP contribution in [0.4, 0.5) is 0 Å². The monoisotopic (exact) mass is 367 g/mol. The summed E-state index contributed by atoms with van der Waals surface area (Å²) in [7, 11) is 0.